The molecule has 32 heavy (non-hydrogen) atoms. The summed E-state index contributed by atoms with van der Waals surface area (Å²) in [7, 11) is 0. The number of Topliss-reactive ketones (excluding diaryl/α,β-unsaturated/α-hetero) is 1. The van der Waals surface area contributed by atoms with E-state index in [0.717, 1.165) is 6.07 Å². The molecule has 0 saturated heterocycles. The van der Waals surface area contributed by atoms with Crippen molar-refractivity contribution in [2.45, 2.75) is 51.8 Å². The van der Waals surface area contributed by atoms with Crippen LogP contribution in [0.15, 0.2) is 35.4 Å². The molecule has 0 spiro atoms. The van der Waals surface area contributed by atoms with Gasteiger partial charge in [-0.25, -0.2) is 18.7 Å². The van der Waals surface area contributed by atoms with Gasteiger partial charge in [0.05, 0.1) is 17.3 Å². The van der Waals surface area contributed by atoms with E-state index < -0.39 is 33.8 Å². The number of aromatic nitrogens is 3. The molecular weight excluding hydrogens is 438 g/mol. The van der Waals surface area contributed by atoms with Crippen molar-refractivity contribution < 1.29 is 22.7 Å². The number of halogens is 2. The molecule has 0 aliphatic rings. The second-order valence-electron chi connectivity index (χ2n) is 8.36. The number of hydrogen-bond acceptors (Lipinski definition) is 7. The fourth-order valence-electron chi connectivity index (χ4n) is 3.18. The Morgan fingerprint density at radius 3 is 2.41 bits per heavy atom. The van der Waals surface area contributed by atoms with Crippen LogP contribution in [0.1, 0.15) is 60.6 Å². The number of aryl methyl sites for hydroxylation is 2. The van der Waals surface area contributed by atoms with Crippen LogP contribution in [0.5, 0.6) is 0 Å². The van der Waals surface area contributed by atoms with E-state index in [0.29, 0.717) is 17.0 Å². The number of nitrogens with one attached hydrogen (secondary N) is 1. The molecule has 2 aromatic heterocycles. The minimum Gasteiger partial charge on any atom is -0.598 e. The van der Waals surface area contributed by atoms with Gasteiger partial charge >= 0.3 is 0 Å². The fourth-order valence-corrected chi connectivity index (χ4v) is 4.00. The Morgan fingerprint density at radius 1 is 1.19 bits per heavy atom. The van der Waals surface area contributed by atoms with Gasteiger partial charge in [-0.1, -0.05) is 5.16 Å². The van der Waals surface area contributed by atoms with E-state index in [1.165, 1.54) is 24.8 Å². The molecule has 170 valence electrons. The number of nitrogens with zero attached hydrogens (tertiary/aromatic N) is 3. The van der Waals surface area contributed by atoms with E-state index in [2.05, 4.69) is 19.8 Å². The summed E-state index contributed by atoms with van der Waals surface area (Å²) in [4.78, 5) is 20.8. The summed E-state index contributed by atoms with van der Waals surface area (Å²) in [6, 6.07) is 1.04. The number of carbonyl (C=O) groups is 1. The van der Waals surface area contributed by atoms with Crippen LogP contribution in [0, 0.1) is 25.5 Å². The van der Waals surface area contributed by atoms with E-state index in [1.807, 2.05) is 0 Å². The number of hydrogen-bond donors (Lipinski definition) is 1. The van der Waals surface area contributed by atoms with Crippen molar-refractivity contribution >= 4 is 17.1 Å². The van der Waals surface area contributed by atoms with Gasteiger partial charge in [0.1, 0.15) is 28.5 Å². The Bertz CT molecular complexity index is 1100. The highest BCUT2D eigenvalue weighted by Crippen LogP contribution is 2.32. The summed E-state index contributed by atoms with van der Waals surface area (Å²) in [5.74, 6) is -1.69. The zero-order valence-electron chi connectivity index (χ0n) is 18.4. The molecule has 7 nitrogen and oxygen atoms in total. The van der Waals surface area contributed by atoms with Gasteiger partial charge < -0.3 is 9.08 Å². The number of benzene rings is 1. The van der Waals surface area contributed by atoms with Gasteiger partial charge in [0, 0.05) is 52.9 Å². The van der Waals surface area contributed by atoms with E-state index >= 15 is 0 Å². The first-order valence-corrected chi connectivity index (χ1v) is 11.0. The molecule has 1 unspecified atom stereocenters. The van der Waals surface area contributed by atoms with Gasteiger partial charge in [-0.15, -0.1) is 4.72 Å². The molecule has 0 aliphatic heterocycles. The third kappa shape index (κ3) is 5.20. The highest BCUT2D eigenvalue weighted by molar-refractivity contribution is 7.90. The normalized spacial score (nSPS) is 13.8. The van der Waals surface area contributed by atoms with Crippen molar-refractivity contribution in [3.8, 4) is 11.1 Å². The largest absolute Gasteiger partial charge is 0.598 e. The van der Waals surface area contributed by atoms with Crippen LogP contribution in [0.3, 0.4) is 0 Å². The zero-order valence-corrected chi connectivity index (χ0v) is 19.2. The minimum absolute atomic E-state index is 0.00274. The van der Waals surface area contributed by atoms with Crippen molar-refractivity contribution in [3.05, 3.63) is 65.1 Å². The molecule has 0 fully saturated rings. The molecule has 1 aromatic carbocycles. The van der Waals surface area contributed by atoms with E-state index in [4.69, 9.17) is 4.52 Å². The maximum atomic E-state index is 14.9. The van der Waals surface area contributed by atoms with Gasteiger partial charge in [-0.3, -0.25) is 4.79 Å². The van der Waals surface area contributed by atoms with Crippen LogP contribution >= 0.6 is 0 Å². The van der Waals surface area contributed by atoms with Crippen LogP contribution in [-0.4, -0.2) is 30.2 Å². The molecule has 1 N–H and O–H groups in total. The molecule has 0 amide bonds. The Hall–Kier alpha value is -2.69. The second kappa shape index (κ2) is 9.43. The van der Waals surface area contributed by atoms with E-state index in [1.54, 1.807) is 34.6 Å². The molecule has 2 heterocycles. The molecule has 0 radical (unpaired) electrons. The Kier molecular flexibility index (Phi) is 7.06. The Morgan fingerprint density at radius 2 is 1.84 bits per heavy atom. The molecule has 3 aromatic rings. The number of ketones is 1. The lowest BCUT2D eigenvalue weighted by Crippen LogP contribution is -2.42. The van der Waals surface area contributed by atoms with E-state index in [-0.39, 0.29) is 28.9 Å². The molecule has 0 bridgehead atoms. The standard InChI is InChI=1S/C22H24F2N4O3S/c1-12-21(13(2)31-27-12)20(29)8-19(28-32(30)22(3,4)5)16-6-15(17(23)7-18(16)24)14-9-25-11-26-10-14/h6-7,9-11,19,28H,8H2,1-5H3/t19?,32-/m1/s1. The maximum Gasteiger partial charge on any atom is 0.170 e. The molecule has 3 rings (SSSR count). The maximum absolute atomic E-state index is 14.9. The topological polar surface area (TPSA) is 104 Å². The molecule has 0 aliphatic carbocycles. The van der Waals surface area contributed by atoms with Gasteiger partial charge in [0.25, 0.3) is 0 Å². The number of carbonyl (C=O) groups excluding carboxylic acids is 1. The summed E-state index contributed by atoms with van der Waals surface area (Å²) in [5, 5.41) is 3.79. The van der Waals surface area contributed by atoms with Crippen molar-refractivity contribution in [1.82, 2.24) is 19.8 Å². The first-order chi connectivity index (χ1) is 15.0. The SMILES string of the molecule is Cc1noc(C)c1C(=O)CC(N[S@+]([O-])C(C)(C)C)c1cc(-c2cncnc2)c(F)cc1F. The second-order valence-corrected chi connectivity index (χ2v) is 10.4. The monoisotopic (exact) mass is 462 g/mol. The lowest BCUT2D eigenvalue weighted by molar-refractivity contribution is 0.0969. The molecule has 0 saturated carbocycles. The van der Waals surface area contributed by atoms with Gasteiger partial charge in [0.2, 0.25) is 0 Å². The summed E-state index contributed by atoms with van der Waals surface area (Å²) in [5.41, 5.74) is 1.12. The van der Waals surface area contributed by atoms with Gasteiger partial charge in [-0.05, 0) is 40.7 Å². The summed E-state index contributed by atoms with van der Waals surface area (Å²) >= 11 is -1.63. The van der Waals surface area contributed by atoms with Crippen molar-refractivity contribution in [3.63, 3.8) is 0 Å². The summed E-state index contributed by atoms with van der Waals surface area (Å²) in [6.45, 7) is 8.48. The van der Waals surface area contributed by atoms with Crippen molar-refractivity contribution in [2.24, 2.45) is 0 Å². The van der Waals surface area contributed by atoms with Crippen molar-refractivity contribution in [1.29, 1.82) is 0 Å². The predicted molar refractivity (Wildman–Crippen MR) is 116 cm³/mol. The van der Waals surface area contributed by atoms with Crippen molar-refractivity contribution in [2.75, 3.05) is 0 Å². The van der Waals surface area contributed by atoms with Gasteiger partial charge in [-0.2, -0.15) is 0 Å². The molecular formula is C22H24F2N4O3S. The smallest absolute Gasteiger partial charge is 0.170 e. The molecule has 10 heteroatoms. The van der Waals surface area contributed by atoms with Gasteiger partial charge in [0.15, 0.2) is 5.78 Å². The Labute approximate surface area is 188 Å². The van der Waals surface area contributed by atoms with Crippen LogP contribution in [-0.2, 0) is 11.4 Å². The lowest BCUT2D eigenvalue weighted by atomic mass is 9.95. The number of rotatable bonds is 7. The zero-order chi connectivity index (χ0) is 23.6. The quantitative estimate of drug-likeness (QED) is 0.410. The van der Waals surface area contributed by atoms with Crippen LogP contribution in [0.4, 0.5) is 8.78 Å². The first-order valence-electron chi connectivity index (χ1n) is 9.87. The van der Waals surface area contributed by atoms with Crippen LogP contribution in [0.25, 0.3) is 11.1 Å². The van der Waals surface area contributed by atoms with Crippen LogP contribution in [0.2, 0.25) is 0 Å². The highest BCUT2D eigenvalue weighted by atomic mass is 32.2. The lowest BCUT2D eigenvalue weighted by Gasteiger charge is -2.28. The average molecular weight is 463 g/mol. The first kappa shape index (κ1) is 24.0. The summed E-state index contributed by atoms with van der Waals surface area (Å²) in [6.07, 6.45) is 3.86. The van der Waals surface area contributed by atoms with E-state index in [9.17, 15) is 18.1 Å². The highest BCUT2D eigenvalue weighted by Gasteiger charge is 2.33. The molecule has 2 atom stereocenters. The average Bonchev–Trinajstić information content (AvgIpc) is 3.05. The predicted octanol–water partition coefficient (Wildman–Crippen LogP) is 4.39. The van der Waals surface area contributed by atoms with Crippen LogP contribution < -0.4 is 4.72 Å². The third-order valence-electron chi connectivity index (χ3n) is 4.84. The minimum atomic E-state index is -1.63. The fraction of sp³-hybridized carbons (Fsp3) is 0.364. The summed E-state index contributed by atoms with van der Waals surface area (Å²) < 4.78 is 49.6. The Balaban J connectivity index is 2.06. The third-order valence-corrected chi connectivity index (χ3v) is 6.45.